The normalized spacial score (nSPS) is 9.67. The van der Waals surface area contributed by atoms with Gasteiger partial charge in [0.25, 0.3) is 6.70 Å². The van der Waals surface area contributed by atoms with E-state index in [-0.39, 0.29) is 17.0 Å². The van der Waals surface area contributed by atoms with Crippen molar-refractivity contribution in [1.82, 2.24) is 0 Å². The second-order valence-corrected chi connectivity index (χ2v) is 8.86. The Morgan fingerprint density at radius 2 is 1.17 bits per heavy atom. The molecular weight excluding hydrogens is 304 g/mol. The summed E-state index contributed by atoms with van der Waals surface area (Å²) in [6.07, 6.45) is 0. The lowest BCUT2D eigenvalue weighted by Crippen LogP contribution is -1.60. The van der Waals surface area contributed by atoms with E-state index < -0.39 is 6.70 Å². The zero-order valence-corrected chi connectivity index (χ0v) is 8.09. The second-order valence-electron chi connectivity index (χ2n) is 0.378. The molecule has 0 rings (SSSR count). The molecule has 0 amide bonds. The van der Waals surface area contributed by atoms with Gasteiger partial charge >= 0.3 is 0 Å². The molecule has 0 aromatic rings. The smallest absolute Gasteiger partial charge is 0.205 e. The zero-order valence-electron chi connectivity index (χ0n) is 2.39. The largest absolute Gasteiger partial charge is 0.268 e. The van der Waals surface area contributed by atoms with Crippen LogP contribution >= 0.6 is 46.6 Å². The highest BCUT2D eigenvalue weighted by Gasteiger charge is 1.87. The standard InChI is InChI=1S/Br2O2S.BrH/c1-5(2,3)4;/h;1H. The lowest BCUT2D eigenvalue weighted by molar-refractivity contribution is 0.625. The van der Waals surface area contributed by atoms with Crippen LogP contribution in [0.15, 0.2) is 0 Å². The molecule has 0 aliphatic carbocycles. The van der Waals surface area contributed by atoms with E-state index in [2.05, 4.69) is 29.6 Å². The molecule has 0 aliphatic heterocycles. The van der Waals surface area contributed by atoms with Gasteiger partial charge in [-0.05, 0) is 0 Å². The molecule has 6 heteroatoms. The first-order valence-corrected chi connectivity index (χ1v) is 5.81. The van der Waals surface area contributed by atoms with Gasteiger partial charge < -0.3 is 0 Å². The molecule has 0 atom stereocenters. The van der Waals surface area contributed by atoms with Gasteiger partial charge in [-0.25, -0.2) is 8.42 Å². The van der Waals surface area contributed by atoms with E-state index in [0.29, 0.717) is 0 Å². The molecule has 0 saturated heterocycles. The van der Waals surface area contributed by atoms with Crippen LogP contribution in [0, 0.1) is 0 Å². The van der Waals surface area contributed by atoms with Crippen molar-refractivity contribution in [1.29, 1.82) is 0 Å². The van der Waals surface area contributed by atoms with Crippen molar-refractivity contribution < 1.29 is 8.42 Å². The second kappa shape index (κ2) is 3.40. The average Bonchev–Trinajstić information content (AvgIpc) is 0.722. The van der Waals surface area contributed by atoms with Crippen LogP contribution in [-0.4, -0.2) is 8.42 Å². The van der Waals surface area contributed by atoms with E-state index in [9.17, 15) is 8.42 Å². The summed E-state index contributed by atoms with van der Waals surface area (Å²) < 4.78 is 18.9. The van der Waals surface area contributed by atoms with Gasteiger partial charge in [-0.15, -0.1) is 17.0 Å². The Balaban J connectivity index is 0. The third kappa shape index (κ3) is 53.8. The molecule has 0 heterocycles. The van der Waals surface area contributed by atoms with E-state index in [0.717, 1.165) is 0 Å². The van der Waals surface area contributed by atoms with Crippen LogP contribution in [-0.2, 0) is 6.70 Å². The number of rotatable bonds is 0. The molecule has 0 aliphatic rings. The lowest BCUT2D eigenvalue weighted by atomic mass is 15.9. The molecule has 0 bridgehead atoms. The summed E-state index contributed by atoms with van der Waals surface area (Å²) in [5.41, 5.74) is 0. The lowest BCUT2D eigenvalue weighted by Gasteiger charge is -1.62. The maximum atomic E-state index is 9.47. The Morgan fingerprint density at radius 1 is 1.17 bits per heavy atom. The predicted octanol–water partition coefficient (Wildman–Crippen LogP) is 1.60. The maximum Gasteiger partial charge on any atom is 0.268 e. The highest BCUT2D eigenvalue weighted by molar-refractivity contribution is 9.79. The van der Waals surface area contributed by atoms with Crippen LogP contribution in [0.25, 0.3) is 0 Å². The first-order chi connectivity index (χ1) is 2.00. The van der Waals surface area contributed by atoms with Gasteiger partial charge in [0.15, 0.2) is 0 Å². The molecule has 0 spiro atoms. The van der Waals surface area contributed by atoms with Crippen molar-refractivity contribution in [2.24, 2.45) is 0 Å². The quantitative estimate of drug-likeness (QED) is 0.637. The van der Waals surface area contributed by atoms with Crippen molar-refractivity contribution in [2.45, 2.75) is 0 Å². The average molecular weight is 305 g/mol. The summed E-state index contributed by atoms with van der Waals surface area (Å²) in [6.45, 7) is -3.04. The predicted molar refractivity (Wildman–Crippen MR) is 37.1 cm³/mol. The molecule has 0 fully saturated rings. The minimum Gasteiger partial charge on any atom is -0.205 e. The van der Waals surface area contributed by atoms with Crippen LogP contribution < -0.4 is 0 Å². The van der Waals surface area contributed by atoms with Crippen LogP contribution in [0.1, 0.15) is 0 Å². The molecule has 2 nitrogen and oxygen atoms in total. The highest BCUT2D eigenvalue weighted by atomic mass is 79.9. The summed E-state index contributed by atoms with van der Waals surface area (Å²) in [5.74, 6) is 0. The molecular formula is HBr3O2S. The molecule has 0 aromatic heterocycles. The van der Waals surface area contributed by atoms with Crippen LogP contribution in [0.4, 0.5) is 0 Å². The van der Waals surface area contributed by atoms with Crippen LogP contribution in [0.3, 0.4) is 0 Å². The summed E-state index contributed by atoms with van der Waals surface area (Å²) in [6, 6.07) is 0. The molecule has 0 radical (unpaired) electrons. The summed E-state index contributed by atoms with van der Waals surface area (Å²) >= 11 is 4.53. The fourth-order valence-electron chi connectivity index (χ4n) is 0. The van der Waals surface area contributed by atoms with Gasteiger partial charge in [-0.3, -0.25) is 0 Å². The molecule has 0 unspecified atom stereocenters. The monoisotopic (exact) mass is 302 g/mol. The van der Waals surface area contributed by atoms with Gasteiger partial charge in [0.05, 0.1) is 29.6 Å². The van der Waals surface area contributed by atoms with Gasteiger partial charge in [-0.1, -0.05) is 0 Å². The number of hydrogen-bond donors (Lipinski definition) is 0. The third-order valence-electron chi connectivity index (χ3n) is 0. The topological polar surface area (TPSA) is 34.1 Å². The molecule has 0 saturated carbocycles. The van der Waals surface area contributed by atoms with E-state index >= 15 is 0 Å². The SMILES string of the molecule is Br.O=S(=O)(Br)Br. The minimum absolute atomic E-state index is 0. The molecule has 0 aromatic carbocycles. The van der Waals surface area contributed by atoms with Crippen molar-refractivity contribution in [3.8, 4) is 0 Å². The Bertz CT molecular complexity index is 92.0. The molecule has 6 heavy (non-hydrogen) atoms. The van der Waals surface area contributed by atoms with Crippen molar-refractivity contribution >= 4 is 53.3 Å². The number of hydrogen-bond acceptors (Lipinski definition) is 2. The summed E-state index contributed by atoms with van der Waals surface area (Å²) in [5, 5.41) is 0. The minimum atomic E-state index is -3.04. The van der Waals surface area contributed by atoms with Crippen molar-refractivity contribution in [3.05, 3.63) is 0 Å². The fourth-order valence-corrected chi connectivity index (χ4v) is 0. The van der Waals surface area contributed by atoms with E-state index in [1.165, 1.54) is 0 Å². The van der Waals surface area contributed by atoms with Gasteiger partial charge in [0, 0.05) is 0 Å². The third-order valence-corrected chi connectivity index (χ3v) is 0. The molecule has 0 N–H and O–H groups in total. The van der Waals surface area contributed by atoms with E-state index in [1.807, 2.05) is 0 Å². The van der Waals surface area contributed by atoms with Gasteiger partial charge in [-0.2, -0.15) is 0 Å². The maximum absolute atomic E-state index is 9.47. The van der Waals surface area contributed by atoms with Gasteiger partial charge in [0.1, 0.15) is 0 Å². The van der Waals surface area contributed by atoms with Crippen molar-refractivity contribution in [3.63, 3.8) is 0 Å². The Labute approximate surface area is 61.4 Å². The van der Waals surface area contributed by atoms with Crippen molar-refractivity contribution in [2.75, 3.05) is 0 Å². The Hall–Kier alpha value is 1.39. The first kappa shape index (κ1) is 10.4. The van der Waals surface area contributed by atoms with E-state index in [1.54, 1.807) is 0 Å². The van der Waals surface area contributed by atoms with Gasteiger partial charge in [0.2, 0.25) is 0 Å². The summed E-state index contributed by atoms with van der Waals surface area (Å²) in [4.78, 5) is 0. The number of halogens is 3. The van der Waals surface area contributed by atoms with Crippen LogP contribution in [0.2, 0.25) is 0 Å². The van der Waals surface area contributed by atoms with E-state index in [4.69, 9.17) is 0 Å². The first-order valence-electron chi connectivity index (χ1n) is 0.642. The van der Waals surface area contributed by atoms with Crippen LogP contribution in [0.5, 0.6) is 0 Å². The summed E-state index contributed by atoms with van der Waals surface area (Å²) in [7, 11) is 0. The molecule has 40 valence electrons. The Kier molecular flexibility index (Phi) is 5.88. The zero-order chi connectivity index (χ0) is 4.50. The fraction of sp³-hybridized carbons (Fsp3) is 0. The Morgan fingerprint density at radius 3 is 1.17 bits per heavy atom. The highest BCUT2D eigenvalue weighted by Crippen LogP contribution is 2.06.